The first-order chi connectivity index (χ1) is 7.02. The minimum atomic E-state index is 0.0314. The SMILES string of the molecule is CC(=O)c1ccc(N)c2oc(C)c(C)c12. The number of carbonyl (C=O) groups excluding carboxylic acids is 1. The molecule has 3 nitrogen and oxygen atoms in total. The summed E-state index contributed by atoms with van der Waals surface area (Å²) in [5.74, 6) is 0.842. The molecule has 0 aliphatic heterocycles. The van der Waals surface area contributed by atoms with Crippen LogP contribution in [0.15, 0.2) is 16.5 Å². The van der Waals surface area contributed by atoms with Gasteiger partial charge in [-0.1, -0.05) is 0 Å². The Kier molecular flexibility index (Phi) is 2.03. The lowest BCUT2D eigenvalue weighted by atomic mass is 10.0. The maximum Gasteiger partial charge on any atom is 0.160 e. The minimum absolute atomic E-state index is 0.0314. The largest absolute Gasteiger partial charge is 0.459 e. The van der Waals surface area contributed by atoms with Crippen molar-refractivity contribution in [2.45, 2.75) is 20.8 Å². The number of aryl methyl sites for hydroxylation is 2. The monoisotopic (exact) mass is 203 g/mol. The summed E-state index contributed by atoms with van der Waals surface area (Å²) in [6, 6.07) is 3.46. The molecule has 0 radical (unpaired) electrons. The van der Waals surface area contributed by atoms with Gasteiger partial charge in [0.05, 0.1) is 5.69 Å². The Labute approximate surface area is 87.9 Å². The Balaban J connectivity index is 2.96. The highest BCUT2D eigenvalue weighted by molar-refractivity contribution is 6.09. The molecule has 0 bridgehead atoms. The number of hydrogen-bond donors (Lipinski definition) is 1. The molecule has 0 fully saturated rings. The number of fused-ring (bicyclic) bond motifs is 1. The molecule has 1 heterocycles. The maximum absolute atomic E-state index is 11.4. The van der Waals surface area contributed by atoms with E-state index >= 15 is 0 Å². The van der Waals surface area contributed by atoms with E-state index in [9.17, 15) is 4.79 Å². The molecule has 0 atom stereocenters. The van der Waals surface area contributed by atoms with Crippen molar-refractivity contribution in [3.05, 3.63) is 29.0 Å². The van der Waals surface area contributed by atoms with Gasteiger partial charge in [0.15, 0.2) is 11.4 Å². The first-order valence-electron chi connectivity index (χ1n) is 4.81. The van der Waals surface area contributed by atoms with Crippen LogP contribution in [0.25, 0.3) is 11.0 Å². The zero-order valence-corrected chi connectivity index (χ0v) is 9.05. The zero-order valence-electron chi connectivity index (χ0n) is 9.05. The molecule has 78 valence electrons. The molecule has 1 aromatic carbocycles. The standard InChI is InChI=1S/C12H13NO2/c1-6-8(3)15-12-10(13)5-4-9(7(2)14)11(6)12/h4-5H,13H2,1-3H3. The Morgan fingerprint density at radius 2 is 2.00 bits per heavy atom. The highest BCUT2D eigenvalue weighted by atomic mass is 16.3. The second kappa shape index (κ2) is 3.12. The van der Waals surface area contributed by atoms with E-state index in [2.05, 4.69) is 0 Å². The summed E-state index contributed by atoms with van der Waals surface area (Å²) in [5, 5.41) is 0.847. The summed E-state index contributed by atoms with van der Waals surface area (Å²) in [7, 11) is 0. The number of rotatable bonds is 1. The van der Waals surface area contributed by atoms with Crippen LogP contribution in [0.3, 0.4) is 0 Å². The van der Waals surface area contributed by atoms with Crippen LogP contribution >= 0.6 is 0 Å². The highest BCUT2D eigenvalue weighted by Gasteiger charge is 2.15. The van der Waals surface area contributed by atoms with Gasteiger partial charge in [0.25, 0.3) is 0 Å². The lowest BCUT2D eigenvalue weighted by Gasteiger charge is -2.00. The summed E-state index contributed by atoms with van der Waals surface area (Å²) < 4.78 is 5.54. The van der Waals surface area contributed by atoms with Crippen molar-refractivity contribution in [2.75, 3.05) is 5.73 Å². The topological polar surface area (TPSA) is 56.2 Å². The Morgan fingerprint density at radius 3 is 2.60 bits per heavy atom. The lowest BCUT2D eigenvalue weighted by molar-refractivity contribution is 0.101. The van der Waals surface area contributed by atoms with Crippen molar-refractivity contribution in [1.29, 1.82) is 0 Å². The maximum atomic E-state index is 11.4. The number of anilines is 1. The van der Waals surface area contributed by atoms with E-state index in [-0.39, 0.29) is 5.78 Å². The predicted molar refractivity (Wildman–Crippen MR) is 60.1 cm³/mol. The van der Waals surface area contributed by atoms with Crippen LogP contribution in [-0.4, -0.2) is 5.78 Å². The van der Waals surface area contributed by atoms with Gasteiger partial charge in [-0.15, -0.1) is 0 Å². The molecular formula is C12H13NO2. The highest BCUT2D eigenvalue weighted by Crippen LogP contribution is 2.32. The number of ketones is 1. The van der Waals surface area contributed by atoms with Crippen LogP contribution < -0.4 is 5.73 Å². The third-order valence-electron chi connectivity index (χ3n) is 2.73. The van der Waals surface area contributed by atoms with Crippen molar-refractivity contribution in [2.24, 2.45) is 0 Å². The Bertz CT molecular complexity index is 552. The Morgan fingerprint density at radius 1 is 1.33 bits per heavy atom. The van der Waals surface area contributed by atoms with Crippen LogP contribution in [0.5, 0.6) is 0 Å². The van der Waals surface area contributed by atoms with Crippen molar-refractivity contribution >= 4 is 22.4 Å². The van der Waals surface area contributed by atoms with Gasteiger partial charge < -0.3 is 10.2 Å². The van der Waals surface area contributed by atoms with Gasteiger partial charge in [0, 0.05) is 10.9 Å². The number of carbonyl (C=O) groups is 1. The molecule has 3 heteroatoms. The van der Waals surface area contributed by atoms with E-state index in [0.29, 0.717) is 16.8 Å². The minimum Gasteiger partial charge on any atom is -0.459 e. The first kappa shape index (κ1) is 9.77. The van der Waals surface area contributed by atoms with Crippen LogP contribution in [0, 0.1) is 13.8 Å². The summed E-state index contributed by atoms with van der Waals surface area (Å²) in [5.41, 5.74) is 8.66. The predicted octanol–water partition coefficient (Wildman–Crippen LogP) is 2.83. The third-order valence-corrected chi connectivity index (χ3v) is 2.73. The lowest BCUT2D eigenvalue weighted by Crippen LogP contribution is -1.95. The second-order valence-electron chi connectivity index (χ2n) is 3.75. The summed E-state index contributed by atoms with van der Waals surface area (Å²) in [6.07, 6.45) is 0. The van der Waals surface area contributed by atoms with Crippen LogP contribution in [0.2, 0.25) is 0 Å². The van der Waals surface area contributed by atoms with Gasteiger partial charge in [-0.2, -0.15) is 0 Å². The first-order valence-corrected chi connectivity index (χ1v) is 4.81. The molecule has 15 heavy (non-hydrogen) atoms. The molecule has 0 spiro atoms. The van der Waals surface area contributed by atoms with Gasteiger partial charge in [-0.25, -0.2) is 0 Å². The molecule has 0 amide bonds. The average Bonchev–Trinajstić information content (AvgIpc) is 2.46. The third kappa shape index (κ3) is 1.31. The van der Waals surface area contributed by atoms with Gasteiger partial charge >= 0.3 is 0 Å². The number of hydrogen-bond acceptors (Lipinski definition) is 3. The molecule has 1 aromatic heterocycles. The quantitative estimate of drug-likeness (QED) is 0.572. The van der Waals surface area contributed by atoms with Gasteiger partial charge in [-0.3, -0.25) is 4.79 Å². The molecular weight excluding hydrogens is 190 g/mol. The molecule has 0 saturated heterocycles. The number of nitrogen functional groups attached to an aromatic ring is 1. The van der Waals surface area contributed by atoms with Gasteiger partial charge in [0.1, 0.15) is 5.76 Å². The summed E-state index contributed by atoms with van der Waals surface area (Å²) >= 11 is 0. The summed E-state index contributed by atoms with van der Waals surface area (Å²) in [4.78, 5) is 11.4. The fourth-order valence-corrected chi connectivity index (χ4v) is 1.78. The molecule has 0 unspecified atom stereocenters. The van der Waals surface area contributed by atoms with E-state index in [1.54, 1.807) is 19.1 Å². The number of furan rings is 1. The van der Waals surface area contributed by atoms with E-state index in [0.717, 1.165) is 16.7 Å². The van der Waals surface area contributed by atoms with E-state index in [4.69, 9.17) is 10.2 Å². The zero-order chi connectivity index (χ0) is 11.2. The molecule has 0 aliphatic carbocycles. The van der Waals surface area contributed by atoms with Crippen molar-refractivity contribution in [3.8, 4) is 0 Å². The van der Waals surface area contributed by atoms with Crippen molar-refractivity contribution in [3.63, 3.8) is 0 Å². The number of benzene rings is 1. The van der Waals surface area contributed by atoms with Gasteiger partial charge in [-0.05, 0) is 38.5 Å². The smallest absolute Gasteiger partial charge is 0.160 e. The van der Waals surface area contributed by atoms with E-state index in [1.807, 2.05) is 13.8 Å². The second-order valence-corrected chi connectivity index (χ2v) is 3.75. The molecule has 0 saturated carbocycles. The van der Waals surface area contributed by atoms with E-state index < -0.39 is 0 Å². The number of Topliss-reactive ketones (excluding diaryl/α,β-unsaturated/α-hetero) is 1. The molecule has 2 rings (SSSR count). The Hall–Kier alpha value is -1.77. The van der Waals surface area contributed by atoms with Crippen molar-refractivity contribution in [1.82, 2.24) is 0 Å². The fraction of sp³-hybridized carbons (Fsp3) is 0.250. The van der Waals surface area contributed by atoms with E-state index in [1.165, 1.54) is 0 Å². The average molecular weight is 203 g/mol. The number of nitrogens with two attached hydrogens (primary N) is 1. The van der Waals surface area contributed by atoms with Gasteiger partial charge in [0.2, 0.25) is 0 Å². The summed E-state index contributed by atoms with van der Waals surface area (Å²) in [6.45, 7) is 5.36. The van der Waals surface area contributed by atoms with Crippen LogP contribution in [-0.2, 0) is 0 Å². The fourth-order valence-electron chi connectivity index (χ4n) is 1.78. The molecule has 0 aliphatic rings. The molecule has 2 N–H and O–H groups in total. The molecule has 2 aromatic rings. The van der Waals surface area contributed by atoms with Crippen molar-refractivity contribution < 1.29 is 9.21 Å². The normalized spacial score (nSPS) is 10.9. The van der Waals surface area contributed by atoms with Crippen LogP contribution in [0.4, 0.5) is 5.69 Å². The van der Waals surface area contributed by atoms with Crippen LogP contribution in [0.1, 0.15) is 28.6 Å².